The number of H-pyrrole nitrogens is 1. The number of imidazole rings is 1. The van der Waals surface area contributed by atoms with Crippen molar-refractivity contribution in [2.75, 3.05) is 11.5 Å². The number of anilines is 1. The Kier molecular flexibility index (Phi) is 3.39. The number of ether oxygens (including phenoxy) is 2. The van der Waals surface area contributed by atoms with E-state index in [0.717, 1.165) is 5.56 Å². The first-order valence-electron chi connectivity index (χ1n) is 7.14. The summed E-state index contributed by atoms with van der Waals surface area (Å²) in [6.07, 6.45) is 3.34. The average molecular weight is 343 g/mol. The van der Waals surface area contributed by atoms with Crippen LogP contribution in [0.15, 0.2) is 59.8 Å². The summed E-state index contributed by atoms with van der Waals surface area (Å²) >= 11 is 0. The van der Waals surface area contributed by atoms with Crippen LogP contribution in [0, 0.1) is 0 Å². The van der Waals surface area contributed by atoms with E-state index in [0.29, 0.717) is 23.0 Å². The number of rotatable bonds is 4. The standard InChI is InChI=1S/C16H13N3O4S/c20-24(21,13-4-5-14-15(9-13)23-10-22-14)19-12-3-1-2-11(8-12)16-17-6-7-18-16/h1-9,19H,10H2,(H,17,18). The van der Waals surface area contributed by atoms with Crippen LogP contribution in [0.3, 0.4) is 0 Å². The molecule has 0 unspecified atom stereocenters. The maximum Gasteiger partial charge on any atom is 0.262 e. The highest BCUT2D eigenvalue weighted by Crippen LogP contribution is 2.34. The van der Waals surface area contributed by atoms with E-state index in [1.807, 2.05) is 6.07 Å². The Hall–Kier alpha value is -3.00. The Labute approximate surface area is 138 Å². The van der Waals surface area contributed by atoms with Gasteiger partial charge in [-0.05, 0) is 24.3 Å². The Balaban J connectivity index is 1.63. The van der Waals surface area contributed by atoms with Gasteiger partial charge < -0.3 is 14.5 Å². The Bertz CT molecular complexity index is 984. The second kappa shape index (κ2) is 5.57. The van der Waals surface area contributed by atoms with Crippen LogP contribution in [-0.2, 0) is 10.0 Å². The highest BCUT2D eigenvalue weighted by atomic mass is 32.2. The van der Waals surface area contributed by atoms with Gasteiger partial charge in [0.1, 0.15) is 5.82 Å². The van der Waals surface area contributed by atoms with Crippen molar-refractivity contribution in [1.82, 2.24) is 9.97 Å². The molecule has 24 heavy (non-hydrogen) atoms. The number of aromatic amines is 1. The predicted molar refractivity (Wildman–Crippen MR) is 87.4 cm³/mol. The molecule has 7 nitrogen and oxygen atoms in total. The largest absolute Gasteiger partial charge is 0.454 e. The lowest BCUT2D eigenvalue weighted by atomic mass is 10.2. The molecule has 0 spiro atoms. The topological polar surface area (TPSA) is 93.3 Å². The van der Waals surface area contributed by atoms with E-state index in [1.54, 1.807) is 36.7 Å². The lowest BCUT2D eigenvalue weighted by Crippen LogP contribution is -2.12. The van der Waals surface area contributed by atoms with E-state index >= 15 is 0 Å². The molecule has 8 heteroatoms. The SMILES string of the molecule is O=S(=O)(Nc1cccc(-c2ncc[nH]2)c1)c1ccc2c(c1)OCO2. The van der Waals surface area contributed by atoms with Crippen LogP contribution in [0.25, 0.3) is 11.4 Å². The molecular formula is C16H13N3O4S. The molecule has 0 fully saturated rings. The molecule has 2 heterocycles. The number of fused-ring (bicyclic) bond motifs is 1. The minimum Gasteiger partial charge on any atom is -0.454 e. The van der Waals surface area contributed by atoms with Crippen molar-refractivity contribution in [2.24, 2.45) is 0 Å². The lowest BCUT2D eigenvalue weighted by molar-refractivity contribution is 0.174. The van der Waals surface area contributed by atoms with Crippen LogP contribution in [0.2, 0.25) is 0 Å². The van der Waals surface area contributed by atoms with Gasteiger partial charge in [0.15, 0.2) is 11.5 Å². The van der Waals surface area contributed by atoms with E-state index in [1.165, 1.54) is 12.1 Å². The van der Waals surface area contributed by atoms with Crippen molar-refractivity contribution in [3.63, 3.8) is 0 Å². The highest BCUT2D eigenvalue weighted by molar-refractivity contribution is 7.92. The van der Waals surface area contributed by atoms with Gasteiger partial charge >= 0.3 is 0 Å². The zero-order chi connectivity index (χ0) is 16.6. The van der Waals surface area contributed by atoms with Crippen LogP contribution in [0.1, 0.15) is 0 Å². The summed E-state index contributed by atoms with van der Waals surface area (Å²) in [6.45, 7) is 0.0947. The molecule has 0 bridgehead atoms. The van der Waals surface area contributed by atoms with E-state index < -0.39 is 10.0 Å². The number of hydrogen-bond donors (Lipinski definition) is 2. The number of aromatic nitrogens is 2. The molecule has 0 saturated heterocycles. The van der Waals surface area contributed by atoms with Crippen LogP contribution >= 0.6 is 0 Å². The molecular weight excluding hydrogens is 330 g/mol. The summed E-state index contributed by atoms with van der Waals surface area (Å²) < 4.78 is 38.1. The van der Waals surface area contributed by atoms with Gasteiger partial charge in [0, 0.05) is 29.7 Å². The Morgan fingerprint density at radius 1 is 1.08 bits per heavy atom. The van der Waals surface area contributed by atoms with Gasteiger partial charge in [0.25, 0.3) is 10.0 Å². The fourth-order valence-electron chi connectivity index (χ4n) is 2.41. The second-order valence-electron chi connectivity index (χ2n) is 5.14. The van der Waals surface area contributed by atoms with Gasteiger partial charge in [-0.3, -0.25) is 4.72 Å². The number of sulfonamides is 1. The van der Waals surface area contributed by atoms with Gasteiger partial charge in [-0.15, -0.1) is 0 Å². The molecule has 4 rings (SSSR count). The molecule has 0 saturated carbocycles. The van der Waals surface area contributed by atoms with Gasteiger partial charge in [0.2, 0.25) is 6.79 Å². The summed E-state index contributed by atoms with van der Waals surface area (Å²) in [5.74, 6) is 1.62. The Morgan fingerprint density at radius 3 is 2.79 bits per heavy atom. The molecule has 2 aromatic carbocycles. The number of nitrogens with zero attached hydrogens (tertiary/aromatic N) is 1. The molecule has 122 valence electrons. The number of benzene rings is 2. The lowest BCUT2D eigenvalue weighted by Gasteiger charge is -2.09. The smallest absolute Gasteiger partial charge is 0.262 e. The number of nitrogens with one attached hydrogen (secondary N) is 2. The molecule has 0 radical (unpaired) electrons. The van der Waals surface area contributed by atoms with Crippen molar-refractivity contribution >= 4 is 15.7 Å². The monoisotopic (exact) mass is 343 g/mol. The zero-order valence-electron chi connectivity index (χ0n) is 12.4. The highest BCUT2D eigenvalue weighted by Gasteiger charge is 2.20. The summed E-state index contributed by atoms with van der Waals surface area (Å²) in [5, 5.41) is 0. The first-order chi connectivity index (χ1) is 11.6. The third-order valence-electron chi connectivity index (χ3n) is 3.54. The maximum absolute atomic E-state index is 12.6. The zero-order valence-corrected chi connectivity index (χ0v) is 13.2. The van der Waals surface area contributed by atoms with E-state index in [4.69, 9.17) is 9.47 Å². The minimum atomic E-state index is -3.74. The summed E-state index contributed by atoms with van der Waals surface area (Å²) in [6, 6.07) is 11.5. The first kappa shape index (κ1) is 14.6. The first-order valence-corrected chi connectivity index (χ1v) is 8.62. The van der Waals surface area contributed by atoms with Crippen molar-refractivity contribution in [3.05, 3.63) is 54.9 Å². The van der Waals surface area contributed by atoms with E-state index in [9.17, 15) is 8.42 Å². The Morgan fingerprint density at radius 2 is 1.96 bits per heavy atom. The molecule has 1 aliphatic heterocycles. The van der Waals surface area contributed by atoms with Crippen LogP contribution in [0.5, 0.6) is 11.5 Å². The van der Waals surface area contributed by atoms with E-state index in [2.05, 4.69) is 14.7 Å². The fraction of sp³-hybridized carbons (Fsp3) is 0.0625. The van der Waals surface area contributed by atoms with E-state index in [-0.39, 0.29) is 11.7 Å². The van der Waals surface area contributed by atoms with Crippen molar-refractivity contribution < 1.29 is 17.9 Å². The second-order valence-corrected chi connectivity index (χ2v) is 6.82. The van der Waals surface area contributed by atoms with Gasteiger partial charge in [0.05, 0.1) is 4.90 Å². The van der Waals surface area contributed by atoms with Crippen LogP contribution in [0.4, 0.5) is 5.69 Å². The van der Waals surface area contributed by atoms with Crippen molar-refractivity contribution in [1.29, 1.82) is 0 Å². The minimum absolute atomic E-state index is 0.0947. The maximum atomic E-state index is 12.6. The van der Waals surface area contributed by atoms with Crippen LogP contribution in [-0.4, -0.2) is 25.2 Å². The molecule has 1 aliphatic rings. The third-order valence-corrected chi connectivity index (χ3v) is 4.92. The quantitative estimate of drug-likeness (QED) is 0.759. The molecule has 0 atom stereocenters. The van der Waals surface area contributed by atoms with Gasteiger partial charge in [-0.1, -0.05) is 12.1 Å². The van der Waals surface area contributed by atoms with Gasteiger partial charge in [-0.2, -0.15) is 0 Å². The molecule has 0 amide bonds. The third kappa shape index (κ3) is 2.67. The molecule has 3 aromatic rings. The van der Waals surface area contributed by atoms with Gasteiger partial charge in [-0.25, -0.2) is 13.4 Å². The molecule has 2 N–H and O–H groups in total. The van der Waals surface area contributed by atoms with Crippen molar-refractivity contribution in [2.45, 2.75) is 4.90 Å². The predicted octanol–water partition coefficient (Wildman–Crippen LogP) is 2.61. The summed E-state index contributed by atoms with van der Waals surface area (Å²) in [7, 11) is -3.74. The molecule has 0 aliphatic carbocycles. The van der Waals surface area contributed by atoms with Crippen LogP contribution < -0.4 is 14.2 Å². The fourth-order valence-corrected chi connectivity index (χ4v) is 3.48. The summed E-state index contributed by atoms with van der Waals surface area (Å²) in [5.41, 5.74) is 1.23. The molecule has 1 aromatic heterocycles. The van der Waals surface area contributed by atoms with Crippen molar-refractivity contribution in [3.8, 4) is 22.9 Å². The average Bonchev–Trinajstić information content (AvgIpc) is 3.25. The summed E-state index contributed by atoms with van der Waals surface area (Å²) in [4.78, 5) is 7.25. The number of hydrogen-bond acceptors (Lipinski definition) is 5. The normalized spacial score (nSPS) is 13.0.